The van der Waals surface area contributed by atoms with Crippen molar-refractivity contribution in [3.05, 3.63) is 34.3 Å². The monoisotopic (exact) mass is 347 g/mol. The van der Waals surface area contributed by atoms with Crippen molar-refractivity contribution >= 4 is 26.0 Å². The lowest BCUT2D eigenvalue weighted by Crippen LogP contribution is -2.61. The van der Waals surface area contributed by atoms with Crippen LogP contribution >= 0.6 is 15.9 Å². The molecular weight excluding hydrogens is 330 g/mol. The van der Waals surface area contributed by atoms with Crippen LogP contribution in [0.4, 0.5) is 0 Å². The van der Waals surface area contributed by atoms with Crippen molar-refractivity contribution in [2.24, 2.45) is 0 Å². The highest BCUT2D eigenvalue weighted by Gasteiger charge is 2.46. The molecule has 0 unspecified atom stereocenters. The molecule has 19 heavy (non-hydrogen) atoms. The zero-order valence-corrected chi connectivity index (χ0v) is 13.6. The normalized spacial score (nSPS) is 18.9. The van der Waals surface area contributed by atoms with Crippen LogP contribution in [0.25, 0.3) is 0 Å². The standard InChI is InChI=1S/C13H18BrNO3S/c1-12(2,3)19(16,17)15-13(8-18-9-13)10-5-4-6-11(14)7-10/h4-7,15H,8-9H2,1-3H3. The lowest BCUT2D eigenvalue weighted by Gasteiger charge is -2.43. The Morgan fingerprint density at radius 1 is 1.32 bits per heavy atom. The van der Waals surface area contributed by atoms with Gasteiger partial charge in [0.1, 0.15) is 5.54 Å². The van der Waals surface area contributed by atoms with Gasteiger partial charge in [0.15, 0.2) is 0 Å². The summed E-state index contributed by atoms with van der Waals surface area (Å²) in [4.78, 5) is 0. The van der Waals surface area contributed by atoms with Crippen LogP contribution in [0.1, 0.15) is 26.3 Å². The first-order valence-electron chi connectivity index (χ1n) is 6.04. The maximum absolute atomic E-state index is 12.3. The average molecular weight is 348 g/mol. The van der Waals surface area contributed by atoms with Gasteiger partial charge in [0.25, 0.3) is 0 Å². The van der Waals surface area contributed by atoms with Gasteiger partial charge in [0.2, 0.25) is 10.0 Å². The van der Waals surface area contributed by atoms with Crippen LogP contribution in [-0.4, -0.2) is 26.4 Å². The van der Waals surface area contributed by atoms with Gasteiger partial charge in [0, 0.05) is 4.47 Å². The Bertz CT molecular complexity index is 574. The first-order chi connectivity index (χ1) is 8.66. The van der Waals surface area contributed by atoms with E-state index in [1.54, 1.807) is 20.8 Å². The van der Waals surface area contributed by atoms with Gasteiger partial charge in [-0.05, 0) is 38.5 Å². The van der Waals surface area contributed by atoms with Crippen molar-refractivity contribution in [1.29, 1.82) is 0 Å². The number of hydrogen-bond donors (Lipinski definition) is 1. The van der Waals surface area contributed by atoms with Crippen LogP contribution in [0, 0.1) is 0 Å². The second-order valence-corrected chi connectivity index (χ2v) is 9.15. The highest BCUT2D eigenvalue weighted by Crippen LogP contribution is 2.33. The number of hydrogen-bond acceptors (Lipinski definition) is 3. The average Bonchev–Trinajstić information content (AvgIpc) is 2.22. The van der Waals surface area contributed by atoms with E-state index >= 15 is 0 Å². The number of halogens is 1. The maximum Gasteiger partial charge on any atom is 0.217 e. The van der Waals surface area contributed by atoms with Gasteiger partial charge in [-0.25, -0.2) is 8.42 Å². The number of benzene rings is 1. The minimum absolute atomic E-state index is 0.360. The summed E-state index contributed by atoms with van der Waals surface area (Å²) in [6, 6.07) is 7.64. The maximum atomic E-state index is 12.3. The van der Waals surface area contributed by atoms with Crippen LogP contribution in [0.15, 0.2) is 28.7 Å². The third-order valence-electron chi connectivity index (χ3n) is 3.21. The van der Waals surface area contributed by atoms with Crippen molar-refractivity contribution < 1.29 is 13.2 Å². The molecule has 1 heterocycles. The molecule has 1 fully saturated rings. The summed E-state index contributed by atoms with van der Waals surface area (Å²) in [5.74, 6) is 0. The number of nitrogens with one attached hydrogen (secondary N) is 1. The molecule has 0 saturated carbocycles. The van der Waals surface area contributed by atoms with Crippen LogP contribution in [0.5, 0.6) is 0 Å². The summed E-state index contributed by atoms with van der Waals surface area (Å²) in [6.07, 6.45) is 0. The molecule has 4 nitrogen and oxygen atoms in total. The third-order valence-corrected chi connectivity index (χ3v) is 5.98. The third kappa shape index (κ3) is 2.86. The predicted octanol–water partition coefficient (Wildman–Crippen LogP) is 2.39. The van der Waals surface area contributed by atoms with Crippen molar-refractivity contribution in [3.63, 3.8) is 0 Å². The van der Waals surface area contributed by atoms with Gasteiger partial charge in [-0.3, -0.25) is 0 Å². The van der Waals surface area contributed by atoms with E-state index < -0.39 is 20.3 Å². The molecule has 1 saturated heterocycles. The van der Waals surface area contributed by atoms with E-state index in [1.165, 1.54) is 0 Å². The SMILES string of the molecule is CC(C)(C)S(=O)(=O)NC1(c2cccc(Br)c2)COC1. The van der Waals surface area contributed by atoms with Gasteiger partial charge in [-0.15, -0.1) is 0 Å². The Kier molecular flexibility index (Phi) is 3.81. The summed E-state index contributed by atoms with van der Waals surface area (Å²) < 4.78 is 32.8. The van der Waals surface area contributed by atoms with E-state index in [0.717, 1.165) is 10.0 Å². The molecule has 1 aliphatic rings. The lowest BCUT2D eigenvalue weighted by molar-refractivity contribution is -0.0666. The van der Waals surface area contributed by atoms with Crippen molar-refractivity contribution in [1.82, 2.24) is 4.72 Å². The van der Waals surface area contributed by atoms with E-state index in [1.807, 2.05) is 24.3 Å². The van der Waals surface area contributed by atoms with Crippen molar-refractivity contribution in [3.8, 4) is 0 Å². The van der Waals surface area contributed by atoms with E-state index in [9.17, 15) is 8.42 Å². The molecule has 1 aliphatic heterocycles. The molecule has 0 radical (unpaired) electrons. The molecule has 0 aliphatic carbocycles. The number of rotatable bonds is 3. The number of sulfonamides is 1. The zero-order valence-electron chi connectivity index (χ0n) is 11.2. The van der Waals surface area contributed by atoms with Gasteiger partial charge in [0.05, 0.1) is 18.0 Å². The Morgan fingerprint density at radius 3 is 2.37 bits per heavy atom. The molecule has 6 heteroatoms. The van der Waals surface area contributed by atoms with Gasteiger partial charge >= 0.3 is 0 Å². The predicted molar refractivity (Wildman–Crippen MR) is 78.4 cm³/mol. The minimum atomic E-state index is -3.42. The molecule has 2 rings (SSSR count). The fourth-order valence-electron chi connectivity index (χ4n) is 1.79. The molecule has 0 bridgehead atoms. The molecule has 0 atom stereocenters. The fraction of sp³-hybridized carbons (Fsp3) is 0.538. The minimum Gasteiger partial charge on any atom is -0.377 e. The molecule has 1 N–H and O–H groups in total. The fourth-order valence-corrected chi connectivity index (χ4v) is 3.24. The highest BCUT2D eigenvalue weighted by atomic mass is 79.9. The van der Waals surface area contributed by atoms with Crippen LogP contribution in [0.3, 0.4) is 0 Å². The summed E-state index contributed by atoms with van der Waals surface area (Å²) in [5.41, 5.74) is 0.275. The van der Waals surface area contributed by atoms with E-state index in [-0.39, 0.29) is 0 Å². The summed E-state index contributed by atoms with van der Waals surface area (Å²) in [6.45, 7) is 5.77. The molecule has 1 aromatic rings. The zero-order chi connectivity index (χ0) is 14.3. The summed E-state index contributed by atoms with van der Waals surface area (Å²) in [5, 5.41) is 0. The van der Waals surface area contributed by atoms with E-state index in [4.69, 9.17) is 4.74 Å². The van der Waals surface area contributed by atoms with Crippen LogP contribution in [-0.2, 0) is 20.3 Å². The summed E-state index contributed by atoms with van der Waals surface area (Å²) >= 11 is 3.41. The largest absolute Gasteiger partial charge is 0.377 e. The molecular formula is C13H18BrNO3S. The highest BCUT2D eigenvalue weighted by molar-refractivity contribution is 9.10. The molecule has 0 amide bonds. The van der Waals surface area contributed by atoms with Crippen LogP contribution < -0.4 is 4.72 Å². The molecule has 0 aromatic heterocycles. The van der Waals surface area contributed by atoms with Crippen molar-refractivity contribution in [2.45, 2.75) is 31.1 Å². The molecule has 1 aromatic carbocycles. The second kappa shape index (κ2) is 4.84. The smallest absolute Gasteiger partial charge is 0.217 e. The first kappa shape index (κ1) is 15.0. The Hall–Kier alpha value is -0.430. The van der Waals surface area contributed by atoms with Gasteiger partial charge < -0.3 is 4.74 Å². The van der Waals surface area contributed by atoms with E-state index in [0.29, 0.717) is 13.2 Å². The van der Waals surface area contributed by atoms with Crippen LogP contribution in [0.2, 0.25) is 0 Å². The van der Waals surface area contributed by atoms with E-state index in [2.05, 4.69) is 20.7 Å². The quantitative estimate of drug-likeness (QED) is 0.913. The molecule has 106 valence electrons. The Balaban J connectivity index is 2.35. The topological polar surface area (TPSA) is 55.4 Å². The van der Waals surface area contributed by atoms with Gasteiger partial charge in [-0.2, -0.15) is 4.72 Å². The second-order valence-electron chi connectivity index (χ2n) is 5.80. The summed E-state index contributed by atoms with van der Waals surface area (Å²) in [7, 11) is -3.42. The molecule has 0 spiro atoms. The first-order valence-corrected chi connectivity index (χ1v) is 8.31. The van der Waals surface area contributed by atoms with Gasteiger partial charge in [-0.1, -0.05) is 28.1 Å². The lowest BCUT2D eigenvalue weighted by atomic mass is 9.89. The Labute approximate surface area is 122 Å². The number of ether oxygens (including phenoxy) is 1. The van der Waals surface area contributed by atoms with Crippen molar-refractivity contribution in [2.75, 3.05) is 13.2 Å². The Morgan fingerprint density at radius 2 is 1.95 bits per heavy atom.